The number of rotatable bonds is 3. The van der Waals surface area contributed by atoms with Crippen LogP contribution in [0, 0.1) is 17.2 Å². The molecule has 24 heavy (non-hydrogen) atoms. The number of likely N-dealkylation sites (tertiary alicyclic amines) is 1. The Morgan fingerprint density at radius 3 is 2.38 bits per heavy atom. The molecule has 1 aromatic carbocycles. The molecule has 0 amide bonds. The third-order valence-electron chi connectivity index (χ3n) is 3.89. The standard InChI is InChI=1S/C14H12Cl2F3N3O2/c15-9-2-7(14(17,18)19)3-10(16)8(9)5-22-11(21)1-6(4-20)12(22)13(23)24/h2-3,6,11-12H,1,5,21H2,(H,23,24). The van der Waals surface area contributed by atoms with Gasteiger partial charge in [0.25, 0.3) is 0 Å². The van der Waals surface area contributed by atoms with Crippen LogP contribution in [0.4, 0.5) is 13.2 Å². The minimum atomic E-state index is -4.61. The smallest absolute Gasteiger partial charge is 0.416 e. The van der Waals surface area contributed by atoms with Gasteiger partial charge in [-0.2, -0.15) is 18.4 Å². The fourth-order valence-corrected chi connectivity index (χ4v) is 3.32. The van der Waals surface area contributed by atoms with E-state index in [1.807, 2.05) is 6.07 Å². The molecule has 3 N–H and O–H groups in total. The number of carboxylic acid groups (broad SMARTS) is 1. The van der Waals surface area contributed by atoms with Gasteiger partial charge < -0.3 is 10.8 Å². The van der Waals surface area contributed by atoms with E-state index in [1.165, 1.54) is 4.90 Å². The minimum absolute atomic E-state index is 0.128. The molecule has 1 aliphatic heterocycles. The lowest BCUT2D eigenvalue weighted by Crippen LogP contribution is -2.45. The van der Waals surface area contributed by atoms with Crippen LogP contribution in [0.2, 0.25) is 10.0 Å². The molecule has 0 spiro atoms. The molecule has 5 nitrogen and oxygen atoms in total. The highest BCUT2D eigenvalue weighted by atomic mass is 35.5. The summed E-state index contributed by atoms with van der Waals surface area (Å²) in [4.78, 5) is 12.7. The summed E-state index contributed by atoms with van der Waals surface area (Å²) in [6.45, 7) is -0.174. The van der Waals surface area contributed by atoms with Gasteiger partial charge in [-0.1, -0.05) is 23.2 Å². The van der Waals surface area contributed by atoms with Crippen molar-refractivity contribution in [1.29, 1.82) is 5.26 Å². The molecule has 3 atom stereocenters. The van der Waals surface area contributed by atoms with Gasteiger partial charge in [-0.25, -0.2) is 0 Å². The summed E-state index contributed by atoms with van der Waals surface area (Å²) in [5, 5.41) is 17.9. The maximum atomic E-state index is 12.7. The number of carboxylic acids is 1. The number of nitriles is 1. The molecule has 0 radical (unpaired) electrons. The van der Waals surface area contributed by atoms with E-state index in [-0.39, 0.29) is 28.6 Å². The lowest BCUT2D eigenvalue weighted by atomic mass is 10.0. The largest absolute Gasteiger partial charge is 0.480 e. The number of benzene rings is 1. The average Bonchev–Trinajstić information content (AvgIpc) is 2.77. The van der Waals surface area contributed by atoms with E-state index in [1.54, 1.807) is 0 Å². The first-order chi connectivity index (χ1) is 11.1. The maximum absolute atomic E-state index is 12.7. The summed E-state index contributed by atoms with van der Waals surface area (Å²) in [7, 11) is 0. The highest BCUT2D eigenvalue weighted by Crippen LogP contribution is 2.38. The Kier molecular flexibility index (Phi) is 5.30. The third kappa shape index (κ3) is 3.59. The van der Waals surface area contributed by atoms with Crippen LogP contribution in [0.1, 0.15) is 17.5 Å². The van der Waals surface area contributed by atoms with Crippen molar-refractivity contribution < 1.29 is 23.1 Å². The number of carbonyl (C=O) groups is 1. The summed E-state index contributed by atoms with van der Waals surface area (Å²) in [5.74, 6) is -2.07. The Balaban J connectivity index is 2.37. The van der Waals surface area contributed by atoms with Crippen LogP contribution in [0.5, 0.6) is 0 Å². The summed E-state index contributed by atoms with van der Waals surface area (Å²) in [6.07, 6.45) is -5.22. The van der Waals surface area contributed by atoms with Crippen LogP contribution in [0.3, 0.4) is 0 Å². The molecular weight excluding hydrogens is 370 g/mol. The zero-order chi connectivity index (χ0) is 18.2. The van der Waals surface area contributed by atoms with Crippen molar-refractivity contribution in [2.75, 3.05) is 0 Å². The first kappa shape index (κ1) is 18.8. The summed E-state index contributed by atoms with van der Waals surface area (Å²) >= 11 is 11.8. The number of alkyl halides is 3. The van der Waals surface area contributed by atoms with Crippen LogP contribution >= 0.6 is 23.2 Å². The molecule has 1 fully saturated rings. The first-order valence-electron chi connectivity index (χ1n) is 6.75. The van der Waals surface area contributed by atoms with Crippen molar-refractivity contribution in [3.8, 4) is 6.07 Å². The molecular formula is C14H12Cl2F3N3O2. The van der Waals surface area contributed by atoms with Crippen LogP contribution in [-0.4, -0.2) is 28.2 Å². The number of hydrogen-bond acceptors (Lipinski definition) is 4. The van der Waals surface area contributed by atoms with Gasteiger partial charge in [0.15, 0.2) is 0 Å². The third-order valence-corrected chi connectivity index (χ3v) is 4.56. The van der Waals surface area contributed by atoms with Crippen molar-refractivity contribution in [3.63, 3.8) is 0 Å². The van der Waals surface area contributed by atoms with Gasteiger partial charge in [0.2, 0.25) is 0 Å². The molecule has 1 saturated heterocycles. The normalized spacial score (nSPS) is 24.8. The number of hydrogen-bond donors (Lipinski definition) is 2. The summed E-state index contributed by atoms with van der Waals surface area (Å²) in [6, 6.07) is 2.15. The molecule has 0 bridgehead atoms. The Labute approximate surface area is 145 Å². The van der Waals surface area contributed by atoms with E-state index in [2.05, 4.69) is 0 Å². The van der Waals surface area contributed by atoms with E-state index in [0.29, 0.717) is 0 Å². The van der Waals surface area contributed by atoms with Gasteiger partial charge in [0.1, 0.15) is 6.04 Å². The van der Waals surface area contributed by atoms with Crippen molar-refractivity contribution in [2.45, 2.75) is 31.3 Å². The van der Waals surface area contributed by atoms with Crippen molar-refractivity contribution in [1.82, 2.24) is 4.90 Å². The fourth-order valence-electron chi connectivity index (χ4n) is 2.72. The average molecular weight is 382 g/mol. The van der Waals surface area contributed by atoms with Gasteiger partial charge in [-0.15, -0.1) is 0 Å². The van der Waals surface area contributed by atoms with Crippen molar-refractivity contribution >= 4 is 29.2 Å². The van der Waals surface area contributed by atoms with Gasteiger partial charge in [0, 0.05) is 22.2 Å². The van der Waals surface area contributed by atoms with E-state index in [9.17, 15) is 23.1 Å². The van der Waals surface area contributed by atoms with E-state index in [0.717, 1.165) is 12.1 Å². The first-order valence-corrected chi connectivity index (χ1v) is 7.50. The molecule has 0 saturated carbocycles. The maximum Gasteiger partial charge on any atom is 0.416 e. The lowest BCUT2D eigenvalue weighted by Gasteiger charge is -2.27. The minimum Gasteiger partial charge on any atom is -0.480 e. The lowest BCUT2D eigenvalue weighted by molar-refractivity contribution is -0.143. The number of nitrogens with zero attached hydrogens (tertiary/aromatic N) is 2. The van der Waals surface area contributed by atoms with Gasteiger partial charge in [-0.3, -0.25) is 9.69 Å². The van der Waals surface area contributed by atoms with Crippen LogP contribution in [-0.2, 0) is 17.5 Å². The van der Waals surface area contributed by atoms with E-state index in [4.69, 9.17) is 34.2 Å². The zero-order valence-electron chi connectivity index (χ0n) is 12.0. The predicted molar refractivity (Wildman–Crippen MR) is 80.1 cm³/mol. The van der Waals surface area contributed by atoms with E-state index >= 15 is 0 Å². The van der Waals surface area contributed by atoms with Crippen molar-refractivity contribution in [2.24, 2.45) is 11.7 Å². The summed E-state index contributed by atoms with van der Waals surface area (Å²) in [5.41, 5.74) is 4.99. The Bertz CT molecular complexity index is 682. The van der Waals surface area contributed by atoms with Gasteiger partial charge in [-0.05, 0) is 18.6 Å². The highest BCUT2D eigenvalue weighted by Gasteiger charge is 2.44. The Morgan fingerprint density at radius 1 is 1.42 bits per heavy atom. The van der Waals surface area contributed by atoms with Crippen LogP contribution < -0.4 is 5.73 Å². The number of nitrogens with two attached hydrogens (primary N) is 1. The molecule has 1 heterocycles. The Morgan fingerprint density at radius 2 is 1.96 bits per heavy atom. The molecule has 1 aromatic rings. The molecule has 10 heteroatoms. The predicted octanol–water partition coefficient (Wildman–Crippen LogP) is 3.10. The summed E-state index contributed by atoms with van der Waals surface area (Å²) < 4.78 is 38.2. The number of aliphatic carboxylic acids is 1. The molecule has 3 unspecified atom stereocenters. The number of halogens is 5. The second kappa shape index (κ2) is 6.76. The van der Waals surface area contributed by atoms with Crippen LogP contribution in [0.25, 0.3) is 0 Å². The van der Waals surface area contributed by atoms with Crippen molar-refractivity contribution in [3.05, 3.63) is 33.3 Å². The highest BCUT2D eigenvalue weighted by molar-refractivity contribution is 6.36. The van der Waals surface area contributed by atoms with Gasteiger partial charge in [0.05, 0.1) is 23.7 Å². The molecule has 1 aliphatic rings. The molecule has 0 aliphatic carbocycles. The quantitative estimate of drug-likeness (QED) is 0.839. The fraction of sp³-hybridized carbons (Fsp3) is 0.429. The second-order valence-corrected chi connectivity index (χ2v) is 6.22. The van der Waals surface area contributed by atoms with E-state index < -0.39 is 35.8 Å². The SMILES string of the molecule is N#CC1CC(N)N(Cc2c(Cl)cc(C(F)(F)F)cc2Cl)C1C(=O)O. The molecule has 2 rings (SSSR count). The zero-order valence-corrected chi connectivity index (χ0v) is 13.5. The molecule has 130 valence electrons. The molecule has 0 aromatic heterocycles. The van der Waals surface area contributed by atoms with Crippen LogP contribution in [0.15, 0.2) is 12.1 Å². The second-order valence-electron chi connectivity index (χ2n) is 5.41. The monoisotopic (exact) mass is 381 g/mol. The Hall–Kier alpha value is -1.53. The topological polar surface area (TPSA) is 90.4 Å². The van der Waals surface area contributed by atoms with Gasteiger partial charge >= 0.3 is 12.1 Å².